The van der Waals surface area contributed by atoms with Crippen molar-refractivity contribution >= 4 is 39.1 Å². The van der Waals surface area contributed by atoms with Crippen molar-refractivity contribution in [2.75, 3.05) is 18.4 Å². The average Bonchev–Trinajstić information content (AvgIpc) is 3.32. The fourth-order valence-electron chi connectivity index (χ4n) is 4.47. The van der Waals surface area contributed by atoms with Gasteiger partial charge in [0.1, 0.15) is 0 Å². The number of aromatic nitrogens is 2. The maximum absolute atomic E-state index is 6.12. The van der Waals surface area contributed by atoms with Crippen LogP contribution in [-0.4, -0.2) is 28.0 Å². The Bertz CT molecular complexity index is 1360. The van der Waals surface area contributed by atoms with Crippen LogP contribution in [0.4, 0.5) is 5.69 Å². The Hall–Kier alpha value is -3.34. The number of anilines is 1. The molecule has 3 aromatic carbocycles. The van der Waals surface area contributed by atoms with Gasteiger partial charge in [-0.15, -0.1) is 0 Å². The lowest BCUT2D eigenvalue weighted by Crippen LogP contribution is -2.24. The number of hydrogen-bond acceptors (Lipinski definition) is 3. The van der Waals surface area contributed by atoms with Gasteiger partial charge in [0.15, 0.2) is 0 Å². The first-order chi connectivity index (χ1) is 16.7. The van der Waals surface area contributed by atoms with E-state index < -0.39 is 0 Å². The summed E-state index contributed by atoms with van der Waals surface area (Å²) < 4.78 is 0. The smallest absolute Gasteiger partial charge is 0.0737 e. The third kappa shape index (κ3) is 5.58. The van der Waals surface area contributed by atoms with Gasteiger partial charge in [-0.1, -0.05) is 48.0 Å². The molecule has 0 atom stereocenters. The molecule has 2 N–H and O–H groups in total. The van der Waals surface area contributed by atoms with E-state index in [0.29, 0.717) is 5.02 Å². The second-order valence-corrected chi connectivity index (χ2v) is 9.19. The van der Waals surface area contributed by atoms with E-state index >= 15 is 0 Å². The van der Waals surface area contributed by atoms with E-state index in [2.05, 4.69) is 74.8 Å². The van der Waals surface area contributed by atoms with Gasteiger partial charge in [0, 0.05) is 53.6 Å². The van der Waals surface area contributed by atoms with E-state index in [9.17, 15) is 0 Å². The summed E-state index contributed by atoms with van der Waals surface area (Å²) in [7, 11) is 0. The molecule has 172 valence electrons. The fourth-order valence-corrected chi connectivity index (χ4v) is 4.64. The molecule has 0 saturated heterocycles. The molecule has 2 aromatic heterocycles. The Morgan fingerprint density at radius 2 is 1.74 bits per heavy atom. The molecule has 0 saturated carbocycles. The van der Waals surface area contributed by atoms with Crippen LogP contribution in [0, 0.1) is 0 Å². The number of fused-ring (bicyclic) bond motifs is 2. The first kappa shape index (κ1) is 22.5. The molecule has 0 amide bonds. The highest BCUT2D eigenvalue weighted by Crippen LogP contribution is 2.24. The molecule has 0 aliphatic rings. The zero-order valence-corrected chi connectivity index (χ0v) is 19.9. The summed E-state index contributed by atoms with van der Waals surface area (Å²) in [6.45, 7) is 3.87. The summed E-state index contributed by atoms with van der Waals surface area (Å²) in [6.07, 6.45) is 6.06. The highest BCUT2D eigenvalue weighted by atomic mass is 35.5. The molecule has 34 heavy (non-hydrogen) atoms. The van der Waals surface area contributed by atoms with Crippen LogP contribution in [0.1, 0.15) is 24.0 Å². The van der Waals surface area contributed by atoms with Crippen molar-refractivity contribution in [2.45, 2.75) is 25.9 Å². The molecule has 0 radical (unpaired) electrons. The van der Waals surface area contributed by atoms with Gasteiger partial charge >= 0.3 is 0 Å². The van der Waals surface area contributed by atoms with Crippen LogP contribution >= 0.6 is 11.6 Å². The van der Waals surface area contributed by atoms with Crippen LogP contribution in [0.15, 0.2) is 91.3 Å². The first-order valence-corrected chi connectivity index (χ1v) is 12.2. The molecule has 0 unspecified atom stereocenters. The lowest BCUT2D eigenvalue weighted by atomic mass is 10.1. The number of pyridine rings is 1. The van der Waals surface area contributed by atoms with E-state index in [0.717, 1.165) is 55.6 Å². The van der Waals surface area contributed by atoms with Crippen LogP contribution < -0.4 is 5.32 Å². The number of hydrogen-bond donors (Lipinski definition) is 2. The molecule has 0 aliphatic carbocycles. The number of nitrogens with one attached hydrogen (secondary N) is 2. The third-order valence-corrected chi connectivity index (χ3v) is 6.43. The van der Waals surface area contributed by atoms with Gasteiger partial charge in [-0.3, -0.25) is 9.88 Å². The van der Waals surface area contributed by atoms with Crippen LogP contribution in [0.5, 0.6) is 0 Å². The normalized spacial score (nSPS) is 11.5. The van der Waals surface area contributed by atoms with Gasteiger partial charge in [0.2, 0.25) is 0 Å². The summed E-state index contributed by atoms with van der Waals surface area (Å²) in [4.78, 5) is 10.3. The number of halogens is 1. The Morgan fingerprint density at radius 3 is 2.65 bits per heavy atom. The lowest BCUT2D eigenvalue weighted by Gasteiger charge is -2.23. The van der Waals surface area contributed by atoms with Crippen molar-refractivity contribution in [3.05, 3.63) is 107 Å². The number of benzene rings is 3. The minimum absolute atomic E-state index is 0.714. The zero-order valence-electron chi connectivity index (χ0n) is 19.2. The van der Waals surface area contributed by atoms with Crippen molar-refractivity contribution in [3.8, 4) is 0 Å². The van der Waals surface area contributed by atoms with Gasteiger partial charge < -0.3 is 10.3 Å². The van der Waals surface area contributed by atoms with E-state index in [1.165, 1.54) is 22.0 Å². The van der Waals surface area contributed by atoms with Crippen molar-refractivity contribution in [1.82, 2.24) is 14.9 Å². The largest absolute Gasteiger partial charge is 0.384 e. The van der Waals surface area contributed by atoms with Crippen molar-refractivity contribution in [3.63, 3.8) is 0 Å². The van der Waals surface area contributed by atoms with E-state index in [-0.39, 0.29) is 0 Å². The van der Waals surface area contributed by atoms with Gasteiger partial charge in [-0.25, -0.2) is 0 Å². The summed E-state index contributed by atoms with van der Waals surface area (Å²) in [5.41, 5.74) is 5.93. The minimum atomic E-state index is 0.714. The quantitative estimate of drug-likeness (QED) is 0.212. The van der Waals surface area contributed by atoms with Crippen LogP contribution in [0.3, 0.4) is 0 Å². The maximum Gasteiger partial charge on any atom is 0.0737 e. The monoisotopic (exact) mass is 468 g/mol. The highest BCUT2D eigenvalue weighted by Gasteiger charge is 2.09. The predicted molar refractivity (Wildman–Crippen MR) is 143 cm³/mol. The zero-order chi connectivity index (χ0) is 23.2. The predicted octanol–water partition coefficient (Wildman–Crippen LogP) is 7.26. The number of aromatic amines is 1. The minimum Gasteiger partial charge on any atom is -0.384 e. The van der Waals surface area contributed by atoms with Crippen molar-refractivity contribution in [1.29, 1.82) is 0 Å². The number of nitrogens with zero attached hydrogens (tertiary/aromatic N) is 2. The standard InChI is InChI=1S/C29H29ClN4/c30-25-9-10-26-28(13-16-33-29(26)19-25)31-14-4-5-17-34(20-22-6-2-1-3-7-22)21-23-8-11-27-24(18-23)12-15-32-27/h1-3,6-13,15-16,18-19,32H,4-5,14,17,20-21H2,(H,31,33). The molecule has 5 rings (SSSR count). The fraction of sp³-hybridized carbons (Fsp3) is 0.207. The van der Waals surface area contributed by atoms with Crippen molar-refractivity contribution in [2.24, 2.45) is 0 Å². The Labute approximate surface area is 205 Å². The van der Waals surface area contributed by atoms with Crippen LogP contribution in [0.2, 0.25) is 5.02 Å². The number of unbranched alkanes of at least 4 members (excludes halogenated alkanes) is 1. The second kappa shape index (κ2) is 10.7. The molecule has 0 fully saturated rings. The van der Waals surface area contributed by atoms with E-state index in [1.54, 1.807) is 0 Å². The molecule has 0 bridgehead atoms. The molecule has 0 aliphatic heterocycles. The maximum atomic E-state index is 6.12. The molecule has 5 aromatic rings. The Balaban J connectivity index is 1.19. The Kier molecular flexibility index (Phi) is 7.08. The van der Waals surface area contributed by atoms with Crippen LogP contribution in [-0.2, 0) is 13.1 Å². The van der Waals surface area contributed by atoms with Gasteiger partial charge in [0.25, 0.3) is 0 Å². The summed E-state index contributed by atoms with van der Waals surface area (Å²) in [5, 5.41) is 6.69. The van der Waals surface area contributed by atoms with Gasteiger partial charge in [0.05, 0.1) is 5.52 Å². The highest BCUT2D eigenvalue weighted by molar-refractivity contribution is 6.31. The van der Waals surface area contributed by atoms with Crippen LogP contribution in [0.25, 0.3) is 21.8 Å². The molecule has 5 heteroatoms. The summed E-state index contributed by atoms with van der Waals surface area (Å²) in [5.74, 6) is 0. The SMILES string of the molecule is Clc1ccc2c(NCCCCN(Cc3ccccc3)Cc3ccc4[nH]ccc4c3)ccnc2c1. The number of H-pyrrole nitrogens is 1. The van der Waals surface area contributed by atoms with Gasteiger partial charge in [-0.2, -0.15) is 0 Å². The topological polar surface area (TPSA) is 44.0 Å². The van der Waals surface area contributed by atoms with Gasteiger partial charge in [-0.05, 0) is 78.4 Å². The first-order valence-electron chi connectivity index (χ1n) is 11.8. The molecule has 2 heterocycles. The summed E-state index contributed by atoms with van der Waals surface area (Å²) >= 11 is 6.12. The molecular weight excluding hydrogens is 440 g/mol. The number of rotatable bonds is 10. The van der Waals surface area contributed by atoms with E-state index in [4.69, 9.17) is 11.6 Å². The third-order valence-electron chi connectivity index (χ3n) is 6.19. The van der Waals surface area contributed by atoms with E-state index in [1.807, 2.05) is 36.7 Å². The molecule has 4 nitrogen and oxygen atoms in total. The molecule has 0 spiro atoms. The lowest BCUT2D eigenvalue weighted by molar-refractivity contribution is 0.252. The second-order valence-electron chi connectivity index (χ2n) is 8.75. The van der Waals surface area contributed by atoms with Crippen molar-refractivity contribution < 1.29 is 0 Å². The average molecular weight is 469 g/mol. The summed E-state index contributed by atoms with van der Waals surface area (Å²) in [6, 6.07) is 27.5. The molecular formula is C29H29ClN4. The Morgan fingerprint density at radius 1 is 0.853 bits per heavy atom.